The van der Waals surface area contributed by atoms with Gasteiger partial charge in [0.15, 0.2) is 17.6 Å². The van der Waals surface area contributed by atoms with Crippen LogP contribution in [-0.2, 0) is 17.8 Å². The number of benzene rings is 3. The largest absolute Gasteiger partial charge is 0.497 e. The van der Waals surface area contributed by atoms with Crippen LogP contribution in [0.5, 0.6) is 23.0 Å². The zero-order chi connectivity index (χ0) is 26.4. The molecule has 8 nitrogen and oxygen atoms in total. The van der Waals surface area contributed by atoms with Gasteiger partial charge in [0.25, 0.3) is 11.8 Å². The number of methoxy groups -OCH3 is 3. The molecule has 0 saturated heterocycles. The summed E-state index contributed by atoms with van der Waals surface area (Å²) in [5.41, 5.74) is 3.02. The van der Waals surface area contributed by atoms with E-state index in [0.717, 1.165) is 11.1 Å². The van der Waals surface area contributed by atoms with Gasteiger partial charge < -0.3 is 29.2 Å². The van der Waals surface area contributed by atoms with Gasteiger partial charge in [0.1, 0.15) is 11.5 Å². The van der Waals surface area contributed by atoms with Crippen molar-refractivity contribution in [1.82, 2.24) is 4.90 Å². The lowest BCUT2D eigenvalue weighted by Gasteiger charge is -2.23. The number of ether oxygens (including phenoxy) is 4. The quantitative estimate of drug-likeness (QED) is 0.454. The molecule has 1 aliphatic heterocycles. The van der Waals surface area contributed by atoms with Crippen molar-refractivity contribution in [3.05, 3.63) is 77.4 Å². The standard InChI is InChI=1S/C29H32N2O6/c1-5-24-29(33)31(15-14-19-6-12-26(35-3)27(16-19)36-4)18-21-17-22(9-13-25(21)37-24)30-28(32)20-7-10-23(34-2)11-8-20/h6-13,16-17,24H,5,14-15,18H2,1-4H3,(H,30,32). The SMILES string of the molecule is CCC1Oc2ccc(NC(=O)c3ccc(OC)cc3)cc2CN(CCc2ccc(OC)c(OC)c2)C1=O. The number of nitrogens with one attached hydrogen (secondary N) is 1. The highest BCUT2D eigenvalue weighted by Gasteiger charge is 2.30. The Bertz CT molecular complexity index is 1260. The topological polar surface area (TPSA) is 86.3 Å². The molecule has 1 aliphatic rings. The minimum absolute atomic E-state index is 0.0528. The maximum Gasteiger partial charge on any atom is 0.263 e. The summed E-state index contributed by atoms with van der Waals surface area (Å²) < 4.78 is 22.0. The third-order valence-corrected chi connectivity index (χ3v) is 6.38. The predicted molar refractivity (Wildman–Crippen MR) is 141 cm³/mol. The van der Waals surface area contributed by atoms with E-state index in [1.807, 2.05) is 42.2 Å². The average molecular weight is 505 g/mol. The molecule has 37 heavy (non-hydrogen) atoms. The van der Waals surface area contributed by atoms with Crippen LogP contribution >= 0.6 is 0 Å². The molecule has 0 fully saturated rings. The Morgan fingerprint density at radius 1 is 0.973 bits per heavy atom. The fourth-order valence-corrected chi connectivity index (χ4v) is 4.28. The number of anilines is 1. The van der Waals surface area contributed by atoms with E-state index in [1.165, 1.54) is 0 Å². The summed E-state index contributed by atoms with van der Waals surface area (Å²) in [5, 5.41) is 2.93. The van der Waals surface area contributed by atoms with Crippen LogP contribution in [0, 0.1) is 0 Å². The highest BCUT2D eigenvalue weighted by Crippen LogP contribution is 2.31. The first-order chi connectivity index (χ1) is 17.9. The Kier molecular flexibility index (Phi) is 8.18. The van der Waals surface area contributed by atoms with E-state index >= 15 is 0 Å². The third-order valence-electron chi connectivity index (χ3n) is 6.38. The van der Waals surface area contributed by atoms with Crippen LogP contribution in [0.3, 0.4) is 0 Å². The summed E-state index contributed by atoms with van der Waals surface area (Å²) in [4.78, 5) is 27.8. The predicted octanol–water partition coefficient (Wildman–Crippen LogP) is 4.71. The highest BCUT2D eigenvalue weighted by molar-refractivity contribution is 6.04. The second-order valence-corrected chi connectivity index (χ2v) is 8.72. The van der Waals surface area contributed by atoms with Gasteiger partial charge in [-0.25, -0.2) is 0 Å². The molecular formula is C29H32N2O6. The van der Waals surface area contributed by atoms with Crippen LogP contribution in [0.4, 0.5) is 5.69 Å². The second kappa shape index (κ2) is 11.7. The molecule has 1 heterocycles. The number of hydrogen-bond donors (Lipinski definition) is 1. The Hall–Kier alpha value is -4.20. The molecule has 194 valence electrons. The zero-order valence-electron chi connectivity index (χ0n) is 21.6. The van der Waals surface area contributed by atoms with Gasteiger partial charge in [-0.15, -0.1) is 0 Å². The van der Waals surface area contributed by atoms with E-state index in [4.69, 9.17) is 18.9 Å². The van der Waals surface area contributed by atoms with Gasteiger partial charge in [-0.1, -0.05) is 13.0 Å². The zero-order valence-corrected chi connectivity index (χ0v) is 21.6. The van der Waals surface area contributed by atoms with E-state index in [0.29, 0.717) is 60.2 Å². The Morgan fingerprint density at radius 3 is 2.41 bits per heavy atom. The number of nitrogens with zero attached hydrogens (tertiary/aromatic N) is 1. The molecule has 1 unspecified atom stereocenters. The lowest BCUT2D eigenvalue weighted by atomic mass is 10.1. The van der Waals surface area contributed by atoms with Crippen LogP contribution in [0.25, 0.3) is 0 Å². The van der Waals surface area contributed by atoms with Gasteiger partial charge in [-0.3, -0.25) is 9.59 Å². The normalized spacial score (nSPS) is 14.8. The van der Waals surface area contributed by atoms with E-state index in [1.54, 1.807) is 51.7 Å². The van der Waals surface area contributed by atoms with E-state index in [-0.39, 0.29) is 11.8 Å². The number of amides is 2. The molecule has 0 aliphatic carbocycles. The van der Waals surface area contributed by atoms with Crippen molar-refractivity contribution < 1.29 is 28.5 Å². The summed E-state index contributed by atoms with van der Waals surface area (Å²) in [6, 6.07) is 18.1. The minimum atomic E-state index is -0.564. The van der Waals surface area contributed by atoms with Gasteiger partial charge in [0, 0.05) is 29.9 Å². The fourth-order valence-electron chi connectivity index (χ4n) is 4.28. The van der Waals surface area contributed by atoms with Crippen molar-refractivity contribution in [3.63, 3.8) is 0 Å². The van der Waals surface area contributed by atoms with Crippen molar-refractivity contribution in [2.24, 2.45) is 0 Å². The maximum absolute atomic E-state index is 13.3. The van der Waals surface area contributed by atoms with Crippen LogP contribution in [0.1, 0.15) is 34.8 Å². The summed E-state index contributed by atoms with van der Waals surface area (Å²) in [6.07, 6.45) is 0.638. The maximum atomic E-state index is 13.3. The molecule has 3 aromatic carbocycles. The Morgan fingerprint density at radius 2 is 1.73 bits per heavy atom. The van der Waals surface area contributed by atoms with E-state index < -0.39 is 6.10 Å². The van der Waals surface area contributed by atoms with Gasteiger partial charge in [0.2, 0.25) is 0 Å². The molecule has 1 N–H and O–H groups in total. The lowest BCUT2D eigenvalue weighted by molar-refractivity contribution is -0.138. The Balaban J connectivity index is 1.51. The molecule has 4 rings (SSSR count). The first-order valence-electron chi connectivity index (χ1n) is 12.2. The number of hydrogen-bond acceptors (Lipinski definition) is 6. The van der Waals surface area contributed by atoms with Gasteiger partial charge in [-0.2, -0.15) is 0 Å². The molecule has 1 atom stereocenters. The Labute approximate surface area is 217 Å². The fraction of sp³-hybridized carbons (Fsp3) is 0.310. The molecule has 0 aromatic heterocycles. The van der Waals surface area contributed by atoms with Crippen molar-refractivity contribution in [1.29, 1.82) is 0 Å². The molecule has 8 heteroatoms. The van der Waals surface area contributed by atoms with Gasteiger partial charge in [-0.05, 0) is 73.0 Å². The minimum Gasteiger partial charge on any atom is -0.497 e. The molecule has 3 aromatic rings. The molecule has 0 saturated carbocycles. The smallest absolute Gasteiger partial charge is 0.263 e. The van der Waals surface area contributed by atoms with E-state index in [2.05, 4.69) is 5.32 Å². The average Bonchev–Trinajstić information content (AvgIpc) is 3.07. The first kappa shape index (κ1) is 25.9. The number of carbonyl (C=O) groups excluding carboxylic acids is 2. The summed E-state index contributed by atoms with van der Waals surface area (Å²) in [6.45, 7) is 2.82. The van der Waals surface area contributed by atoms with Crippen molar-refractivity contribution in [3.8, 4) is 23.0 Å². The number of rotatable bonds is 9. The van der Waals surface area contributed by atoms with Crippen molar-refractivity contribution in [2.45, 2.75) is 32.4 Å². The van der Waals surface area contributed by atoms with Crippen LogP contribution in [-0.4, -0.2) is 50.7 Å². The monoisotopic (exact) mass is 504 g/mol. The number of fused-ring (bicyclic) bond motifs is 1. The molecule has 0 spiro atoms. The lowest BCUT2D eigenvalue weighted by Crippen LogP contribution is -2.40. The van der Waals surface area contributed by atoms with Crippen molar-refractivity contribution >= 4 is 17.5 Å². The van der Waals surface area contributed by atoms with Crippen molar-refractivity contribution in [2.75, 3.05) is 33.2 Å². The molecular weight excluding hydrogens is 472 g/mol. The second-order valence-electron chi connectivity index (χ2n) is 8.72. The molecule has 0 bridgehead atoms. The molecule has 0 radical (unpaired) electrons. The third kappa shape index (κ3) is 5.97. The van der Waals surface area contributed by atoms with Gasteiger partial charge >= 0.3 is 0 Å². The van der Waals surface area contributed by atoms with Crippen LogP contribution in [0.15, 0.2) is 60.7 Å². The highest BCUT2D eigenvalue weighted by atomic mass is 16.5. The van der Waals surface area contributed by atoms with Crippen LogP contribution in [0.2, 0.25) is 0 Å². The van der Waals surface area contributed by atoms with Gasteiger partial charge in [0.05, 0.1) is 21.3 Å². The van der Waals surface area contributed by atoms with Crippen LogP contribution < -0.4 is 24.3 Å². The number of carbonyl (C=O) groups is 2. The van der Waals surface area contributed by atoms with E-state index in [9.17, 15) is 9.59 Å². The summed E-state index contributed by atoms with van der Waals surface area (Å²) >= 11 is 0. The first-order valence-corrected chi connectivity index (χ1v) is 12.2. The summed E-state index contributed by atoms with van der Waals surface area (Å²) in [7, 11) is 4.78. The summed E-state index contributed by atoms with van der Waals surface area (Å²) in [5.74, 6) is 2.36. The molecule has 2 amide bonds.